The predicted octanol–water partition coefficient (Wildman–Crippen LogP) is 4.22. The molecule has 2 amide bonds. The molecule has 1 atom stereocenters. The van der Waals surface area contributed by atoms with Crippen LogP contribution in [0.5, 0.6) is 5.75 Å². The van der Waals surface area contributed by atoms with Crippen molar-refractivity contribution in [1.29, 1.82) is 0 Å². The van der Waals surface area contributed by atoms with E-state index in [1.165, 1.54) is 0 Å². The Balaban J connectivity index is 1.68. The summed E-state index contributed by atoms with van der Waals surface area (Å²) in [5.74, 6) is -2.21. The average Bonchev–Trinajstić information content (AvgIpc) is 3.15. The Hall–Kier alpha value is -3.30. The second-order valence-corrected chi connectivity index (χ2v) is 12.0. The lowest BCUT2D eigenvalue weighted by atomic mass is 9.96. The van der Waals surface area contributed by atoms with Gasteiger partial charge in [-0.2, -0.15) is 31.4 Å². The first kappa shape index (κ1) is 32.2. The minimum Gasteiger partial charge on any atom is -0.494 e. The number of alkyl halides is 6. The largest absolute Gasteiger partial charge is 0.494 e. The van der Waals surface area contributed by atoms with Crippen molar-refractivity contribution in [2.45, 2.75) is 69.9 Å². The molecule has 0 fully saturated rings. The number of nitrogens with zero attached hydrogens (tertiary/aromatic N) is 2. The first-order chi connectivity index (χ1) is 19.0. The van der Waals surface area contributed by atoms with Gasteiger partial charge in [0.05, 0.1) is 12.3 Å². The van der Waals surface area contributed by atoms with Crippen molar-refractivity contribution in [1.82, 2.24) is 15.1 Å². The molecule has 0 saturated heterocycles. The van der Waals surface area contributed by atoms with Crippen molar-refractivity contribution in [2.24, 2.45) is 0 Å². The Kier molecular flexibility index (Phi) is 10.3. The Labute approximate surface area is 232 Å². The number of fused-ring (bicyclic) bond motifs is 1. The number of halogens is 6. The van der Waals surface area contributed by atoms with Crippen LogP contribution in [0.3, 0.4) is 0 Å². The van der Waals surface area contributed by atoms with E-state index in [0.717, 1.165) is 16.5 Å². The van der Waals surface area contributed by atoms with Crippen LogP contribution >= 0.6 is 0 Å². The van der Waals surface area contributed by atoms with Crippen molar-refractivity contribution in [2.75, 3.05) is 23.9 Å². The lowest BCUT2D eigenvalue weighted by Gasteiger charge is -2.23. The van der Waals surface area contributed by atoms with Gasteiger partial charge in [0.15, 0.2) is 9.84 Å². The molecule has 41 heavy (non-hydrogen) atoms. The summed E-state index contributed by atoms with van der Waals surface area (Å²) in [7, 11) is -3.71. The molecule has 0 unspecified atom stereocenters. The van der Waals surface area contributed by atoms with Crippen molar-refractivity contribution in [3.63, 3.8) is 0 Å². The number of sulfone groups is 1. The van der Waals surface area contributed by atoms with Crippen LogP contribution in [0.25, 0.3) is 0 Å². The minimum absolute atomic E-state index is 0.0376. The molecule has 0 spiro atoms. The molecule has 0 bridgehead atoms. The number of aromatic nitrogens is 2. The minimum atomic E-state index is -4.42. The first-order valence-electron chi connectivity index (χ1n) is 12.7. The third kappa shape index (κ3) is 10.9. The molecule has 1 aliphatic rings. The fraction of sp³-hybridized carbons (Fsp3) is 0.560. The van der Waals surface area contributed by atoms with Gasteiger partial charge in [0, 0.05) is 38.1 Å². The molecule has 1 aliphatic heterocycles. The molecule has 2 N–H and O–H groups in total. The Morgan fingerprint density at radius 1 is 1.15 bits per heavy atom. The van der Waals surface area contributed by atoms with E-state index in [4.69, 9.17) is 4.74 Å². The molecule has 2 heterocycles. The summed E-state index contributed by atoms with van der Waals surface area (Å²) in [6, 6.07) is 6.39. The maximum absolute atomic E-state index is 13.0. The number of benzene rings is 1. The maximum Gasteiger partial charge on any atom is 0.389 e. The van der Waals surface area contributed by atoms with E-state index >= 15 is 0 Å². The molecule has 16 heteroatoms. The van der Waals surface area contributed by atoms with Gasteiger partial charge in [0.1, 0.15) is 22.9 Å². The molecule has 1 aromatic heterocycles. The summed E-state index contributed by atoms with van der Waals surface area (Å²) in [6.45, 7) is -0.367. The standard InChI is InChI=1S/C25H30F6N4O5S/c1-41(38,39)15-20(36)33-22-21-19(34-35(22)11-3-9-24(26,27)28)14-17(32-23(21)37)8-7-16-5-2-6-18(13-16)40-12-4-10-25(29,30)31/h2,5-6,13,17H,3-4,7-12,14-15H2,1H3,(H,32,37)(H,33,36)/t17-/m0/s1. The number of ether oxygens (including phenoxy) is 1. The van der Waals surface area contributed by atoms with E-state index < -0.39 is 58.6 Å². The molecule has 2 aromatic rings. The number of carbonyl (C=O) groups is 2. The number of aryl methyl sites for hydroxylation is 2. The van der Waals surface area contributed by atoms with E-state index in [1.54, 1.807) is 24.3 Å². The lowest BCUT2D eigenvalue weighted by molar-refractivity contribution is -0.137. The summed E-state index contributed by atoms with van der Waals surface area (Å²) in [6.07, 6.45) is -9.35. The fourth-order valence-corrected chi connectivity index (χ4v) is 4.88. The highest BCUT2D eigenvalue weighted by molar-refractivity contribution is 7.91. The number of nitrogens with one attached hydrogen (secondary N) is 2. The van der Waals surface area contributed by atoms with Gasteiger partial charge in [-0.1, -0.05) is 12.1 Å². The monoisotopic (exact) mass is 612 g/mol. The summed E-state index contributed by atoms with van der Waals surface area (Å²) >= 11 is 0. The SMILES string of the molecule is CS(=O)(=O)CC(=O)Nc1c2c(nn1CCCC(F)(F)F)C[C@H](CCc1cccc(OCCCC(F)(F)F)c1)NC2=O. The zero-order valence-corrected chi connectivity index (χ0v) is 22.9. The van der Waals surface area contributed by atoms with E-state index in [1.807, 2.05) is 0 Å². The maximum atomic E-state index is 13.0. The van der Waals surface area contributed by atoms with Crippen LogP contribution in [0.4, 0.5) is 32.2 Å². The molecule has 228 valence electrons. The molecule has 3 rings (SSSR count). The van der Waals surface area contributed by atoms with Gasteiger partial charge in [0.2, 0.25) is 5.91 Å². The first-order valence-corrected chi connectivity index (χ1v) is 14.8. The highest BCUT2D eigenvalue weighted by Crippen LogP contribution is 2.29. The van der Waals surface area contributed by atoms with Crippen LogP contribution in [0.1, 0.15) is 53.7 Å². The lowest BCUT2D eigenvalue weighted by Crippen LogP contribution is -2.41. The summed E-state index contributed by atoms with van der Waals surface area (Å²) in [5.41, 5.74) is 1.02. The normalized spacial score (nSPS) is 15.8. The number of carbonyl (C=O) groups excluding carboxylic acids is 2. The molecular formula is C25H30F6N4O5S. The zero-order chi connectivity index (χ0) is 30.4. The second-order valence-electron chi connectivity index (χ2n) is 9.86. The second kappa shape index (κ2) is 13.1. The molecular weight excluding hydrogens is 582 g/mol. The highest BCUT2D eigenvalue weighted by Gasteiger charge is 2.33. The van der Waals surface area contributed by atoms with Gasteiger partial charge in [-0.3, -0.25) is 9.59 Å². The Morgan fingerprint density at radius 3 is 2.49 bits per heavy atom. The number of hydrogen-bond donors (Lipinski definition) is 2. The number of amides is 2. The highest BCUT2D eigenvalue weighted by atomic mass is 32.2. The van der Waals surface area contributed by atoms with Gasteiger partial charge in [-0.15, -0.1) is 0 Å². The average molecular weight is 613 g/mol. The third-order valence-electron chi connectivity index (χ3n) is 6.06. The smallest absolute Gasteiger partial charge is 0.389 e. The Bertz CT molecular complexity index is 1340. The zero-order valence-electron chi connectivity index (χ0n) is 22.1. The molecule has 0 radical (unpaired) electrons. The summed E-state index contributed by atoms with van der Waals surface area (Å²) < 4.78 is 104. The van der Waals surface area contributed by atoms with Gasteiger partial charge in [-0.25, -0.2) is 13.1 Å². The topological polar surface area (TPSA) is 119 Å². The molecule has 1 aromatic carbocycles. The fourth-order valence-electron chi connectivity index (χ4n) is 4.33. The quantitative estimate of drug-likeness (QED) is 0.258. The third-order valence-corrected chi connectivity index (χ3v) is 6.85. The Morgan fingerprint density at radius 2 is 1.83 bits per heavy atom. The van der Waals surface area contributed by atoms with Gasteiger partial charge >= 0.3 is 12.4 Å². The molecule has 0 saturated carbocycles. The van der Waals surface area contributed by atoms with Gasteiger partial charge in [-0.05, 0) is 43.4 Å². The number of rotatable bonds is 13. The van der Waals surface area contributed by atoms with E-state index in [0.29, 0.717) is 18.6 Å². The number of hydrogen-bond acceptors (Lipinski definition) is 6. The summed E-state index contributed by atoms with van der Waals surface area (Å²) in [4.78, 5) is 25.3. The van der Waals surface area contributed by atoms with Crippen LogP contribution < -0.4 is 15.4 Å². The van der Waals surface area contributed by atoms with E-state index in [2.05, 4.69) is 15.7 Å². The molecule has 9 nitrogen and oxygen atoms in total. The van der Waals surface area contributed by atoms with E-state index in [9.17, 15) is 44.3 Å². The summed E-state index contributed by atoms with van der Waals surface area (Å²) in [5, 5.41) is 9.39. The van der Waals surface area contributed by atoms with Crippen LogP contribution in [0.2, 0.25) is 0 Å². The number of anilines is 1. The van der Waals surface area contributed by atoms with Crippen LogP contribution in [0, 0.1) is 0 Å². The van der Waals surface area contributed by atoms with Crippen molar-refractivity contribution >= 4 is 27.5 Å². The predicted molar refractivity (Wildman–Crippen MR) is 136 cm³/mol. The molecule has 0 aliphatic carbocycles. The van der Waals surface area contributed by atoms with Gasteiger partial charge in [0.25, 0.3) is 5.91 Å². The van der Waals surface area contributed by atoms with Crippen molar-refractivity contribution in [3.8, 4) is 5.75 Å². The van der Waals surface area contributed by atoms with Crippen molar-refractivity contribution < 1.29 is 49.1 Å². The van der Waals surface area contributed by atoms with Crippen LogP contribution in [-0.4, -0.2) is 67.0 Å². The van der Waals surface area contributed by atoms with E-state index in [-0.39, 0.29) is 49.5 Å². The van der Waals surface area contributed by atoms with Crippen LogP contribution in [0.15, 0.2) is 24.3 Å². The van der Waals surface area contributed by atoms with Crippen molar-refractivity contribution in [3.05, 3.63) is 41.1 Å². The van der Waals surface area contributed by atoms with Gasteiger partial charge < -0.3 is 15.4 Å². The van der Waals surface area contributed by atoms with Crippen LogP contribution in [-0.2, 0) is 34.0 Å².